The molecule has 2 heterocycles. The Kier molecular flexibility index (Phi) is 6.73. The van der Waals surface area contributed by atoms with E-state index in [2.05, 4.69) is 66.0 Å². The molecular formula is C17H29BrN2S. The van der Waals surface area contributed by atoms with Gasteiger partial charge in [-0.15, -0.1) is 11.3 Å². The highest BCUT2D eigenvalue weighted by Crippen LogP contribution is 2.27. The predicted molar refractivity (Wildman–Crippen MR) is 96.9 cm³/mol. The van der Waals surface area contributed by atoms with Crippen LogP contribution in [0.1, 0.15) is 45.4 Å². The van der Waals surface area contributed by atoms with E-state index in [4.69, 9.17) is 0 Å². The standard InChI is InChI=1S/C17H29BrN2S/c1-5-12(3)15-11-20(10-14-7-8-17(18)21-14)16(9-19-15)13(4)6-2/h7-8,12-13,15-16,19H,5-6,9-11H2,1-4H3. The van der Waals surface area contributed by atoms with Crippen LogP contribution in [-0.4, -0.2) is 30.1 Å². The summed E-state index contributed by atoms with van der Waals surface area (Å²) in [4.78, 5) is 4.19. The first-order valence-electron chi connectivity index (χ1n) is 8.26. The lowest BCUT2D eigenvalue weighted by Gasteiger charge is -2.44. The third kappa shape index (κ3) is 4.54. The molecule has 1 saturated heterocycles. The summed E-state index contributed by atoms with van der Waals surface area (Å²) in [5.41, 5.74) is 0. The zero-order chi connectivity index (χ0) is 15.4. The number of rotatable bonds is 6. The van der Waals surface area contributed by atoms with Gasteiger partial charge in [0.1, 0.15) is 0 Å². The smallest absolute Gasteiger partial charge is 0.0701 e. The highest BCUT2D eigenvalue weighted by atomic mass is 79.9. The summed E-state index contributed by atoms with van der Waals surface area (Å²) in [6.07, 6.45) is 2.51. The molecule has 120 valence electrons. The molecule has 1 N–H and O–H groups in total. The van der Waals surface area contributed by atoms with E-state index in [0.717, 1.165) is 24.9 Å². The van der Waals surface area contributed by atoms with Crippen molar-refractivity contribution in [1.29, 1.82) is 0 Å². The summed E-state index contributed by atoms with van der Waals surface area (Å²) in [5.74, 6) is 1.50. The first-order chi connectivity index (χ1) is 10.0. The lowest BCUT2D eigenvalue weighted by molar-refractivity contribution is 0.0702. The molecule has 1 aliphatic heterocycles. The summed E-state index contributed by atoms with van der Waals surface area (Å²) in [7, 11) is 0. The van der Waals surface area contributed by atoms with Gasteiger partial charge < -0.3 is 5.32 Å². The van der Waals surface area contributed by atoms with Gasteiger partial charge in [0.25, 0.3) is 0 Å². The average molecular weight is 373 g/mol. The molecule has 4 unspecified atom stereocenters. The molecule has 0 spiro atoms. The van der Waals surface area contributed by atoms with Gasteiger partial charge in [-0.2, -0.15) is 0 Å². The van der Waals surface area contributed by atoms with Crippen LogP contribution in [0.5, 0.6) is 0 Å². The van der Waals surface area contributed by atoms with Gasteiger partial charge in [-0.05, 0) is 39.9 Å². The third-order valence-electron chi connectivity index (χ3n) is 5.11. The molecule has 21 heavy (non-hydrogen) atoms. The summed E-state index contributed by atoms with van der Waals surface area (Å²) >= 11 is 5.46. The van der Waals surface area contributed by atoms with Crippen molar-refractivity contribution in [3.05, 3.63) is 20.8 Å². The fourth-order valence-corrected chi connectivity index (χ4v) is 4.68. The Morgan fingerprint density at radius 1 is 1.29 bits per heavy atom. The molecule has 1 aliphatic rings. The zero-order valence-electron chi connectivity index (χ0n) is 13.7. The van der Waals surface area contributed by atoms with Crippen molar-refractivity contribution < 1.29 is 0 Å². The largest absolute Gasteiger partial charge is 0.311 e. The normalized spacial score (nSPS) is 26.7. The van der Waals surface area contributed by atoms with Crippen LogP contribution < -0.4 is 5.32 Å². The zero-order valence-corrected chi connectivity index (χ0v) is 16.1. The number of thiophene rings is 1. The molecule has 0 amide bonds. The van der Waals surface area contributed by atoms with Crippen molar-refractivity contribution >= 4 is 27.3 Å². The van der Waals surface area contributed by atoms with Gasteiger partial charge in [0.15, 0.2) is 0 Å². The van der Waals surface area contributed by atoms with Crippen LogP contribution in [0.2, 0.25) is 0 Å². The van der Waals surface area contributed by atoms with E-state index >= 15 is 0 Å². The Morgan fingerprint density at radius 2 is 2.00 bits per heavy atom. The Labute approximate surface area is 142 Å². The summed E-state index contributed by atoms with van der Waals surface area (Å²) in [5, 5.41) is 3.81. The summed E-state index contributed by atoms with van der Waals surface area (Å²) in [6.45, 7) is 12.8. The van der Waals surface area contributed by atoms with Gasteiger partial charge in [-0.1, -0.05) is 40.5 Å². The number of nitrogens with one attached hydrogen (secondary N) is 1. The lowest BCUT2D eigenvalue weighted by Crippen LogP contribution is -2.59. The second-order valence-corrected chi connectivity index (χ2v) is 9.04. The molecule has 1 aromatic rings. The molecule has 0 saturated carbocycles. The summed E-state index contributed by atoms with van der Waals surface area (Å²) < 4.78 is 1.24. The van der Waals surface area contributed by atoms with Gasteiger partial charge in [0.05, 0.1) is 3.79 Å². The van der Waals surface area contributed by atoms with Crippen LogP contribution in [0.15, 0.2) is 15.9 Å². The fraction of sp³-hybridized carbons (Fsp3) is 0.765. The maximum absolute atomic E-state index is 3.81. The predicted octanol–water partition coefficient (Wildman–Crippen LogP) is 4.75. The molecule has 1 aromatic heterocycles. The van der Waals surface area contributed by atoms with Crippen molar-refractivity contribution in [2.24, 2.45) is 11.8 Å². The van der Waals surface area contributed by atoms with Gasteiger partial charge in [0.2, 0.25) is 0 Å². The Bertz CT molecular complexity index is 434. The van der Waals surface area contributed by atoms with Crippen LogP contribution in [0.4, 0.5) is 0 Å². The maximum Gasteiger partial charge on any atom is 0.0701 e. The van der Waals surface area contributed by atoms with E-state index in [1.165, 1.54) is 28.0 Å². The van der Waals surface area contributed by atoms with Crippen LogP contribution >= 0.6 is 27.3 Å². The quantitative estimate of drug-likeness (QED) is 0.775. The number of halogens is 1. The molecule has 0 bridgehead atoms. The first-order valence-corrected chi connectivity index (χ1v) is 9.87. The van der Waals surface area contributed by atoms with Crippen molar-refractivity contribution in [3.63, 3.8) is 0 Å². The van der Waals surface area contributed by atoms with E-state index in [1.54, 1.807) is 0 Å². The first kappa shape index (κ1) is 17.5. The molecule has 0 radical (unpaired) electrons. The summed E-state index contributed by atoms with van der Waals surface area (Å²) in [6, 6.07) is 5.74. The van der Waals surface area contributed by atoms with Crippen LogP contribution in [-0.2, 0) is 6.54 Å². The molecule has 2 nitrogen and oxygen atoms in total. The van der Waals surface area contributed by atoms with E-state index in [0.29, 0.717) is 12.1 Å². The molecule has 0 aromatic carbocycles. The minimum absolute atomic E-state index is 0.638. The fourth-order valence-electron chi connectivity index (χ4n) is 3.17. The highest BCUT2D eigenvalue weighted by Gasteiger charge is 2.32. The van der Waals surface area contributed by atoms with Gasteiger partial charge in [0, 0.05) is 36.6 Å². The third-order valence-corrected chi connectivity index (χ3v) is 6.72. The highest BCUT2D eigenvalue weighted by molar-refractivity contribution is 9.11. The topological polar surface area (TPSA) is 15.3 Å². The minimum atomic E-state index is 0.638. The number of hydrogen-bond donors (Lipinski definition) is 1. The van der Waals surface area contributed by atoms with E-state index in [-0.39, 0.29) is 0 Å². The lowest BCUT2D eigenvalue weighted by atomic mass is 9.90. The molecule has 2 rings (SSSR count). The van der Waals surface area contributed by atoms with Crippen LogP contribution in [0.3, 0.4) is 0 Å². The molecule has 0 aliphatic carbocycles. The Balaban J connectivity index is 2.08. The second kappa shape index (κ2) is 8.09. The van der Waals surface area contributed by atoms with Crippen LogP contribution in [0, 0.1) is 11.8 Å². The monoisotopic (exact) mass is 372 g/mol. The Hall–Kier alpha value is 0.1000. The SMILES string of the molecule is CCC(C)C1CN(Cc2ccc(Br)s2)C(C(C)CC)CN1. The molecule has 4 heteroatoms. The minimum Gasteiger partial charge on any atom is -0.311 e. The van der Waals surface area contributed by atoms with Crippen molar-refractivity contribution in [3.8, 4) is 0 Å². The van der Waals surface area contributed by atoms with E-state index < -0.39 is 0 Å². The van der Waals surface area contributed by atoms with E-state index in [1.807, 2.05) is 11.3 Å². The van der Waals surface area contributed by atoms with Gasteiger partial charge in [-0.3, -0.25) is 4.90 Å². The van der Waals surface area contributed by atoms with Gasteiger partial charge >= 0.3 is 0 Å². The van der Waals surface area contributed by atoms with Crippen molar-refractivity contribution in [2.45, 2.75) is 59.2 Å². The average Bonchev–Trinajstić information content (AvgIpc) is 2.90. The molecule has 1 fully saturated rings. The van der Waals surface area contributed by atoms with Gasteiger partial charge in [-0.25, -0.2) is 0 Å². The van der Waals surface area contributed by atoms with Crippen molar-refractivity contribution in [2.75, 3.05) is 13.1 Å². The molecular weight excluding hydrogens is 344 g/mol. The Morgan fingerprint density at radius 3 is 2.57 bits per heavy atom. The second-order valence-electron chi connectivity index (χ2n) is 6.49. The number of piperazine rings is 1. The maximum atomic E-state index is 3.81. The van der Waals surface area contributed by atoms with E-state index in [9.17, 15) is 0 Å². The van der Waals surface area contributed by atoms with Crippen LogP contribution in [0.25, 0.3) is 0 Å². The number of hydrogen-bond acceptors (Lipinski definition) is 3. The molecule has 4 atom stereocenters. The number of nitrogens with zero attached hydrogens (tertiary/aromatic N) is 1. The van der Waals surface area contributed by atoms with Crippen molar-refractivity contribution in [1.82, 2.24) is 10.2 Å².